The molecule has 4 aromatic rings. The summed E-state index contributed by atoms with van der Waals surface area (Å²) in [5.74, 6) is 0.530. The Labute approximate surface area is 196 Å². The molecule has 34 heavy (non-hydrogen) atoms. The first-order valence-electron chi connectivity index (χ1n) is 10.5. The molecule has 0 atom stereocenters. The zero-order valence-corrected chi connectivity index (χ0v) is 19.0. The number of amides is 2. The second-order valence-corrected chi connectivity index (χ2v) is 7.68. The van der Waals surface area contributed by atoms with Crippen molar-refractivity contribution in [3.05, 3.63) is 84.1 Å². The first-order chi connectivity index (χ1) is 16.4. The van der Waals surface area contributed by atoms with Gasteiger partial charge in [0.2, 0.25) is 11.8 Å². The summed E-state index contributed by atoms with van der Waals surface area (Å²) in [5, 5.41) is 3.69. The quantitative estimate of drug-likeness (QED) is 0.369. The largest absolute Gasteiger partial charge is 0.497 e. The number of anilines is 1. The fraction of sp³-hybridized carbons (Fsp3) is 0.111. The first kappa shape index (κ1) is 22.7. The number of ether oxygens (including phenoxy) is 2. The van der Waals surface area contributed by atoms with Gasteiger partial charge in [-0.05, 0) is 60.5 Å². The van der Waals surface area contributed by atoms with Gasteiger partial charge in [-0.3, -0.25) is 9.59 Å². The van der Waals surface area contributed by atoms with Crippen molar-refractivity contribution in [3.8, 4) is 22.6 Å². The molecule has 2 amide bonds. The minimum absolute atomic E-state index is 0.311. The molecule has 3 aromatic carbocycles. The van der Waals surface area contributed by atoms with Crippen LogP contribution in [0.1, 0.15) is 22.8 Å². The Kier molecular flexibility index (Phi) is 6.36. The second kappa shape index (κ2) is 9.54. The molecular weight excluding hydrogens is 432 g/mol. The Hall–Kier alpha value is -4.52. The number of benzene rings is 3. The van der Waals surface area contributed by atoms with Gasteiger partial charge in [0.1, 0.15) is 17.1 Å². The number of hydrogen-bond acceptors (Lipinski definition) is 5. The highest BCUT2D eigenvalue weighted by molar-refractivity contribution is 6.05. The normalized spacial score (nSPS) is 11.3. The highest BCUT2D eigenvalue weighted by Gasteiger charge is 2.15. The number of fused-ring (bicyclic) bond motifs is 1. The molecule has 1 aromatic heterocycles. The predicted octanol–water partition coefficient (Wildman–Crippen LogP) is 5.26. The average Bonchev–Trinajstić information content (AvgIpc) is 3.26. The standard InChI is InChI=1S/C27H24N2O5/c1-16(12-26(30)29-19-8-4-18(5-9-19)27(28)31)21-13-22-23(15-34-25(22)14-24(21)33-3)17-6-10-20(32-2)11-7-17/h4-15H,1-3H3,(H2,28,31)(H,29,30)/b16-12+. The van der Waals surface area contributed by atoms with Crippen molar-refractivity contribution >= 4 is 34.0 Å². The summed E-state index contributed by atoms with van der Waals surface area (Å²) >= 11 is 0. The lowest BCUT2D eigenvalue weighted by molar-refractivity contribution is -0.111. The molecule has 7 nitrogen and oxygen atoms in total. The number of methoxy groups -OCH3 is 2. The van der Waals surface area contributed by atoms with E-state index in [1.807, 2.05) is 43.3 Å². The lowest BCUT2D eigenvalue weighted by atomic mass is 9.99. The number of nitrogens with two attached hydrogens (primary N) is 1. The molecule has 0 saturated carbocycles. The number of carbonyl (C=O) groups is 2. The molecule has 7 heteroatoms. The van der Waals surface area contributed by atoms with Crippen LogP contribution in [0, 0.1) is 0 Å². The topological polar surface area (TPSA) is 104 Å². The van der Waals surface area contributed by atoms with Crippen LogP contribution in [0.3, 0.4) is 0 Å². The van der Waals surface area contributed by atoms with Gasteiger partial charge in [0.25, 0.3) is 0 Å². The van der Waals surface area contributed by atoms with Gasteiger partial charge in [0, 0.05) is 39.9 Å². The van der Waals surface area contributed by atoms with Crippen LogP contribution in [0.4, 0.5) is 5.69 Å². The summed E-state index contributed by atoms with van der Waals surface area (Å²) in [6.07, 6.45) is 3.20. The van der Waals surface area contributed by atoms with Crippen LogP contribution in [0.5, 0.6) is 11.5 Å². The molecule has 0 saturated heterocycles. The second-order valence-electron chi connectivity index (χ2n) is 7.68. The van der Waals surface area contributed by atoms with Gasteiger partial charge in [0.15, 0.2) is 0 Å². The van der Waals surface area contributed by atoms with E-state index in [-0.39, 0.29) is 5.91 Å². The first-order valence-corrected chi connectivity index (χ1v) is 10.5. The summed E-state index contributed by atoms with van der Waals surface area (Å²) < 4.78 is 16.6. The van der Waals surface area contributed by atoms with E-state index in [1.54, 1.807) is 44.7 Å². The van der Waals surface area contributed by atoms with Crippen LogP contribution < -0.4 is 20.5 Å². The van der Waals surface area contributed by atoms with E-state index in [4.69, 9.17) is 19.6 Å². The van der Waals surface area contributed by atoms with Crippen molar-refractivity contribution < 1.29 is 23.5 Å². The molecular formula is C27H24N2O5. The predicted molar refractivity (Wildman–Crippen MR) is 132 cm³/mol. The van der Waals surface area contributed by atoms with E-state index in [2.05, 4.69) is 5.32 Å². The molecule has 0 fully saturated rings. The van der Waals surface area contributed by atoms with Gasteiger partial charge in [-0.2, -0.15) is 0 Å². The molecule has 0 unspecified atom stereocenters. The zero-order chi connectivity index (χ0) is 24.2. The van der Waals surface area contributed by atoms with Crippen LogP contribution in [0.2, 0.25) is 0 Å². The average molecular weight is 456 g/mol. The summed E-state index contributed by atoms with van der Waals surface area (Å²) in [7, 11) is 3.20. The third kappa shape index (κ3) is 4.63. The maximum Gasteiger partial charge on any atom is 0.248 e. The molecule has 0 aliphatic rings. The smallest absolute Gasteiger partial charge is 0.248 e. The molecule has 172 valence electrons. The van der Waals surface area contributed by atoms with Crippen molar-refractivity contribution in [2.24, 2.45) is 5.73 Å². The molecule has 0 aliphatic heterocycles. The lowest BCUT2D eigenvalue weighted by Crippen LogP contribution is -2.12. The molecule has 4 rings (SSSR count). The number of hydrogen-bond donors (Lipinski definition) is 2. The Morgan fingerprint density at radius 1 is 0.971 bits per heavy atom. The highest BCUT2D eigenvalue weighted by Crippen LogP contribution is 2.37. The molecule has 0 aliphatic carbocycles. The van der Waals surface area contributed by atoms with E-state index in [0.29, 0.717) is 28.2 Å². The van der Waals surface area contributed by atoms with Crippen molar-refractivity contribution in [2.75, 3.05) is 19.5 Å². The van der Waals surface area contributed by atoms with Crippen LogP contribution in [0.25, 0.3) is 27.7 Å². The highest BCUT2D eigenvalue weighted by atomic mass is 16.5. The maximum atomic E-state index is 12.6. The van der Waals surface area contributed by atoms with Gasteiger partial charge in [-0.15, -0.1) is 0 Å². The SMILES string of the molecule is COc1ccc(-c2coc3cc(OC)c(/C(C)=C/C(=O)Nc4ccc(C(N)=O)cc4)cc23)cc1. The summed E-state index contributed by atoms with van der Waals surface area (Å²) in [4.78, 5) is 23.8. The van der Waals surface area contributed by atoms with Crippen LogP contribution in [-0.2, 0) is 4.79 Å². The fourth-order valence-corrected chi connectivity index (χ4v) is 3.70. The van der Waals surface area contributed by atoms with Gasteiger partial charge in [0.05, 0.1) is 20.5 Å². The van der Waals surface area contributed by atoms with E-state index in [1.165, 1.54) is 6.08 Å². The number of furan rings is 1. The Bertz CT molecular complexity index is 1380. The lowest BCUT2D eigenvalue weighted by Gasteiger charge is -2.10. The van der Waals surface area contributed by atoms with Crippen LogP contribution >= 0.6 is 0 Å². The Morgan fingerprint density at radius 2 is 1.68 bits per heavy atom. The number of primary amides is 1. The summed E-state index contributed by atoms with van der Waals surface area (Å²) in [6.45, 7) is 1.84. The van der Waals surface area contributed by atoms with Crippen molar-refractivity contribution in [2.45, 2.75) is 6.92 Å². The molecule has 3 N–H and O–H groups in total. The fourth-order valence-electron chi connectivity index (χ4n) is 3.70. The monoisotopic (exact) mass is 456 g/mol. The Morgan fingerprint density at radius 3 is 2.29 bits per heavy atom. The van der Waals surface area contributed by atoms with Gasteiger partial charge in [-0.25, -0.2) is 0 Å². The van der Waals surface area contributed by atoms with Crippen LogP contribution in [0.15, 0.2) is 77.4 Å². The third-order valence-corrected chi connectivity index (χ3v) is 5.51. The number of carbonyl (C=O) groups excluding carboxylic acids is 2. The Balaban J connectivity index is 1.65. The van der Waals surface area contributed by atoms with E-state index in [0.717, 1.165) is 27.8 Å². The number of nitrogens with one attached hydrogen (secondary N) is 1. The van der Waals surface area contributed by atoms with E-state index in [9.17, 15) is 9.59 Å². The molecule has 0 bridgehead atoms. The van der Waals surface area contributed by atoms with Gasteiger partial charge >= 0.3 is 0 Å². The minimum atomic E-state index is -0.524. The molecule has 1 heterocycles. The number of allylic oxidation sites excluding steroid dienone is 1. The van der Waals surface area contributed by atoms with Crippen molar-refractivity contribution in [1.82, 2.24) is 0 Å². The van der Waals surface area contributed by atoms with Crippen molar-refractivity contribution in [3.63, 3.8) is 0 Å². The van der Waals surface area contributed by atoms with E-state index < -0.39 is 5.91 Å². The van der Waals surface area contributed by atoms with Crippen molar-refractivity contribution in [1.29, 1.82) is 0 Å². The molecule has 0 spiro atoms. The summed E-state index contributed by atoms with van der Waals surface area (Å²) in [6, 6.07) is 17.9. The van der Waals surface area contributed by atoms with Crippen LogP contribution in [-0.4, -0.2) is 26.0 Å². The van der Waals surface area contributed by atoms with E-state index >= 15 is 0 Å². The van der Waals surface area contributed by atoms with Gasteiger partial charge in [-0.1, -0.05) is 12.1 Å². The summed E-state index contributed by atoms with van der Waals surface area (Å²) in [5.41, 5.74) is 10.2. The van der Waals surface area contributed by atoms with Gasteiger partial charge < -0.3 is 24.9 Å². The minimum Gasteiger partial charge on any atom is -0.497 e. The molecule has 0 radical (unpaired) electrons. The number of rotatable bonds is 7. The third-order valence-electron chi connectivity index (χ3n) is 5.51. The zero-order valence-electron chi connectivity index (χ0n) is 19.0. The maximum absolute atomic E-state index is 12.6.